The molecule has 1 saturated carbocycles. The zero-order chi connectivity index (χ0) is 21.2. The van der Waals surface area contributed by atoms with Gasteiger partial charge in [0, 0.05) is 51.0 Å². The van der Waals surface area contributed by atoms with E-state index in [1.165, 1.54) is 5.56 Å². The number of carbonyl (C=O) groups excluding carboxylic acids is 2. The topological polar surface area (TPSA) is 65.5 Å². The van der Waals surface area contributed by atoms with Crippen LogP contribution >= 0.6 is 0 Å². The Morgan fingerprint density at radius 3 is 2.39 bits per heavy atom. The van der Waals surface area contributed by atoms with Crippen LogP contribution in [0.3, 0.4) is 0 Å². The third-order valence-corrected chi connectivity index (χ3v) is 6.11. The van der Waals surface area contributed by atoms with E-state index in [2.05, 4.69) is 21.3 Å². The van der Waals surface area contributed by atoms with E-state index in [1.54, 1.807) is 6.20 Å². The van der Waals surface area contributed by atoms with Gasteiger partial charge in [0.25, 0.3) is 5.91 Å². The number of rotatable bonds is 5. The van der Waals surface area contributed by atoms with Crippen molar-refractivity contribution in [2.45, 2.75) is 19.4 Å². The fraction of sp³-hybridized carbons (Fsp3) is 0.320. The van der Waals surface area contributed by atoms with Crippen molar-refractivity contribution in [1.29, 1.82) is 0 Å². The third kappa shape index (κ3) is 4.44. The molecule has 2 amide bonds. The summed E-state index contributed by atoms with van der Waals surface area (Å²) in [6.45, 7) is 3.81. The predicted octanol–water partition coefficient (Wildman–Crippen LogP) is 3.54. The second-order valence-electron chi connectivity index (χ2n) is 8.44. The molecular formula is C25H26N4O2. The Labute approximate surface area is 181 Å². The van der Waals surface area contributed by atoms with Crippen LogP contribution in [-0.2, 0) is 11.3 Å². The van der Waals surface area contributed by atoms with Crippen LogP contribution in [0.4, 0.5) is 5.69 Å². The van der Waals surface area contributed by atoms with Gasteiger partial charge in [-0.2, -0.15) is 0 Å². The fourth-order valence-electron chi connectivity index (χ4n) is 4.13. The van der Waals surface area contributed by atoms with Gasteiger partial charge in [-0.15, -0.1) is 0 Å². The molecule has 0 radical (unpaired) electrons. The summed E-state index contributed by atoms with van der Waals surface area (Å²) < 4.78 is 0. The lowest BCUT2D eigenvalue weighted by atomic mass is 10.0. The lowest BCUT2D eigenvalue weighted by Crippen LogP contribution is -2.48. The smallest absolute Gasteiger partial charge is 0.256 e. The van der Waals surface area contributed by atoms with Crippen molar-refractivity contribution in [2.24, 2.45) is 5.92 Å². The van der Waals surface area contributed by atoms with Gasteiger partial charge in [0.1, 0.15) is 0 Å². The number of nitrogens with zero attached hydrogens (tertiary/aromatic N) is 3. The number of fused-ring (bicyclic) bond motifs is 1. The molecule has 31 heavy (non-hydrogen) atoms. The maximum Gasteiger partial charge on any atom is 0.256 e. The van der Waals surface area contributed by atoms with E-state index < -0.39 is 0 Å². The molecule has 6 heteroatoms. The van der Waals surface area contributed by atoms with Crippen molar-refractivity contribution in [3.05, 3.63) is 72.1 Å². The molecule has 6 nitrogen and oxygen atoms in total. The fourth-order valence-corrected chi connectivity index (χ4v) is 4.13. The van der Waals surface area contributed by atoms with Gasteiger partial charge < -0.3 is 10.2 Å². The van der Waals surface area contributed by atoms with Crippen molar-refractivity contribution in [2.75, 3.05) is 31.5 Å². The number of amides is 2. The highest BCUT2D eigenvalue weighted by Gasteiger charge is 2.31. The van der Waals surface area contributed by atoms with Crippen LogP contribution in [0.5, 0.6) is 0 Å². The summed E-state index contributed by atoms with van der Waals surface area (Å²) in [6.07, 6.45) is 5.54. The molecule has 1 aliphatic heterocycles. The summed E-state index contributed by atoms with van der Waals surface area (Å²) >= 11 is 0. The number of piperazine rings is 1. The van der Waals surface area contributed by atoms with Crippen LogP contribution in [0.15, 0.2) is 60.9 Å². The highest BCUT2D eigenvalue weighted by molar-refractivity contribution is 6.08. The molecule has 2 aliphatic rings. The normalized spacial score (nSPS) is 17.0. The van der Waals surface area contributed by atoms with Crippen molar-refractivity contribution >= 4 is 28.3 Å². The Bertz CT molecular complexity index is 1100. The van der Waals surface area contributed by atoms with E-state index in [-0.39, 0.29) is 17.7 Å². The molecule has 1 aromatic heterocycles. The summed E-state index contributed by atoms with van der Waals surface area (Å²) in [5.74, 6) is 0.0916. The molecule has 5 rings (SSSR count). The summed E-state index contributed by atoms with van der Waals surface area (Å²) in [5.41, 5.74) is 2.38. The lowest BCUT2D eigenvalue weighted by Gasteiger charge is -2.35. The molecule has 3 aromatic rings. The molecule has 2 heterocycles. The minimum Gasteiger partial charge on any atom is -0.336 e. The second kappa shape index (κ2) is 8.47. The van der Waals surface area contributed by atoms with Crippen LogP contribution in [0, 0.1) is 5.92 Å². The number of aromatic nitrogens is 1. The summed E-state index contributed by atoms with van der Waals surface area (Å²) in [7, 11) is 0. The predicted molar refractivity (Wildman–Crippen MR) is 121 cm³/mol. The van der Waals surface area contributed by atoms with Crippen LogP contribution in [-0.4, -0.2) is 52.8 Å². The van der Waals surface area contributed by atoms with Gasteiger partial charge in [0.05, 0.1) is 11.3 Å². The van der Waals surface area contributed by atoms with Crippen molar-refractivity contribution in [3.8, 4) is 0 Å². The molecular weight excluding hydrogens is 388 g/mol. The number of pyridine rings is 1. The Morgan fingerprint density at radius 1 is 0.968 bits per heavy atom. The van der Waals surface area contributed by atoms with E-state index in [1.807, 2.05) is 53.6 Å². The number of anilines is 1. The largest absolute Gasteiger partial charge is 0.336 e. The van der Waals surface area contributed by atoms with E-state index in [4.69, 9.17) is 0 Å². The Kier molecular flexibility index (Phi) is 5.38. The van der Waals surface area contributed by atoms with E-state index in [9.17, 15) is 9.59 Å². The van der Waals surface area contributed by atoms with E-state index in [0.29, 0.717) is 24.3 Å². The Morgan fingerprint density at radius 2 is 1.71 bits per heavy atom. The zero-order valence-electron chi connectivity index (χ0n) is 17.5. The standard InChI is InChI=1S/C25H26N4O2/c30-24(19-7-8-19)27-23-15-21-6-2-1-5-20(21)14-22(23)25(31)29-12-10-28(11-13-29)17-18-4-3-9-26-16-18/h1-6,9,14-16,19H,7-8,10-13,17H2,(H,27,30). The van der Waals surface area contributed by atoms with Gasteiger partial charge in [-0.25, -0.2) is 0 Å². The van der Waals surface area contributed by atoms with E-state index in [0.717, 1.165) is 43.2 Å². The van der Waals surface area contributed by atoms with Gasteiger partial charge >= 0.3 is 0 Å². The van der Waals surface area contributed by atoms with Crippen LogP contribution in [0.25, 0.3) is 10.8 Å². The van der Waals surface area contributed by atoms with Gasteiger partial charge in [0.2, 0.25) is 5.91 Å². The van der Waals surface area contributed by atoms with Gasteiger partial charge in [-0.1, -0.05) is 30.3 Å². The molecule has 2 aromatic carbocycles. The average molecular weight is 415 g/mol. The van der Waals surface area contributed by atoms with Gasteiger partial charge in [0.15, 0.2) is 0 Å². The van der Waals surface area contributed by atoms with Crippen LogP contribution in [0.1, 0.15) is 28.8 Å². The second-order valence-corrected chi connectivity index (χ2v) is 8.44. The average Bonchev–Trinajstić information content (AvgIpc) is 3.65. The lowest BCUT2D eigenvalue weighted by molar-refractivity contribution is -0.117. The number of benzene rings is 2. The van der Waals surface area contributed by atoms with Gasteiger partial charge in [-0.05, 0) is 47.4 Å². The number of nitrogens with one attached hydrogen (secondary N) is 1. The number of carbonyl (C=O) groups is 2. The molecule has 1 saturated heterocycles. The summed E-state index contributed by atoms with van der Waals surface area (Å²) in [5, 5.41) is 5.05. The zero-order valence-corrected chi connectivity index (χ0v) is 17.5. The highest BCUT2D eigenvalue weighted by atomic mass is 16.2. The SMILES string of the molecule is O=C(Nc1cc2ccccc2cc1C(=O)N1CCN(Cc2cccnc2)CC1)C1CC1. The molecule has 0 bridgehead atoms. The first-order valence-electron chi connectivity index (χ1n) is 10.9. The van der Waals surface area contributed by atoms with Crippen LogP contribution in [0.2, 0.25) is 0 Å². The first-order valence-corrected chi connectivity index (χ1v) is 10.9. The van der Waals surface area contributed by atoms with Crippen LogP contribution < -0.4 is 5.32 Å². The quantitative estimate of drug-likeness (QED) is 0.694. The molecule has 2 fully saturated rings. The molecule has 0 unspecified atom stereocenters. The number of hydrogen-bond acceptors (Lipinski definition) is 4. The Hall–Kier alpha value is -3.25. The molecule has 0 spiro atoms. The maximum absolute atomic E-state index is 13.4. The monoisotopic (exact) mass is 414 g/mol. The molecule has 158 valence electrons. The maximum atomic E-state index is 13.4. The minimum atomic E-state index is -0.0159. The first-order chi connectivity index (χ1) is 15.2. The number of hydrogen-bond donors (Lipinski definition) is 1. The van der Waals surface area contributed by atoms with Crippen molar-refractivity contribution in [1.82, 2.24) is 14.8 Å². The molecule has 1 aliphatic carbocycles. The van der Waals surface area contributed by atoms with Crippen molar-refractivity contribution < 1.29 is 9.59 Å². The summed E-state index contributed by atoms with van der Waals surface area (Å²) in [4.78, 5) is 34.3. The molecule has 0 atom stereocenters. The molecule has 1 N–H and O–H groups in total. The third-order valence-electron chi connectivity index (χ3n) is 6.11. The first kappa shape index (κ1) is 19.7. The van der Waals surface area contributed by atoms with Crippen molar-refractivity contribution in [3.63, 3.8) is 0 Å². The van der Waals surface area contributed by atoms with Gasteiger partial charge in [-0.3, -0.25) is 19.5 Å². The highest BCUT2D eigenvalue weighted by Crippen LogP contribution is 2.32. The summed E-state index contributed by atoms with van der Waals surface area (Å²) in [6, 6.07) is 15.8. The van der Waals surface area contributed by atoms with E-state index >= 15 is 0 Å². The minimum absolute atomic E-state index is 0.0159. The Balaban J connectivity index is 1.33.